The van der Waals surface area contributed by atoms with Crippen molar-refractivity contribution in [2.75, 3.05) is 6.54 Å². The zero-order valence-electron chi connectivity index (χ0n) is 13.5. The SMILES string of the molecule is CCc1cc2c(SC(C)C(=O)NCCC(C)C)ncnc2s1. The van der Waals surface area contributed by atoms with Gasteiger partial charge in [0.25, 0.3) is 0 Å². The van der Waals surface area contributed by atoms with Crippen molar-refractivity contribution < 1.29 is 4.79 Å². The van der Waals surface area contributed by atoms with E-state index in [-0.39, 0.29) is 11.2 Å². The summed E-state index contributed by atoms with van der Waals surface area (Å²) >= 11 is 3.21. The van der Waals surface area contributed by atoms with Crippen molar-refractivity contribution in [3.8, 4) is 0 Å². The van der Waals surface area contributed by atoms with E-state index in [4.69, 9.17) is 0 Å². The second-order valence-electron chi connectivity index (χ2n) is 5.70. The molecule has 0 aliphatic heterocycles. The molecule has 0 saturated carbocycles. The minimum atomic E-state index is -0.157. The van der Waals surface area contributed by atoms with E-state index in [2.05, 4.69) is 42.1 Å². The highest BCUT2D eigenvalue weighted by Crippen LogP contribution is 2.32. The van der Waals surface area contributed by atoms with Crippen molar-refractivity contribution in [2.24, 2.45) is 5.92 Å². The molecule has 0 radical (unpaired) electrons. The van der Waals surface area contributed by atoms with Crippen LogP contribution in [0.15, 0.2) is 17.4 Å². The van der Waals surface area contributed by atoms with E-state index in [1.807, 2.05) is 6.92 Å². The highest BCUT2D eigenvalue weighted by Gasteiger charge is 2.17. The van der Waals surface area contributed by atoms with E-state index < -0.39 is 0 Å². The number of thioether (sulfide) groups is 1. The van der Waals surface area contributed by atoms with Crippen LogP contribution in [0.3, 0.4) is 0 Å². The monoisotopic (exact) mass is 337 g/mol. The third kappa shape index (κ3) is 4.43. The fourth-order valence-electron chi connectivity index (χ4n) is 2.00. The lowest BCUT2D eigenvalue weighted by Gasteiger charge is -2.12. The maximum Gasteiger partial charge on any atom is 0.233 e. The minimum Gasteiger partial charge on any atom is -0.355 e. The van der Waals surface area contributed by atoms with Crippen molar-refractivity contribution in [3.05, 3.63) is 17.3 Å². The third-order valence-electron chi connectivity index (χ3n) is 3.37. The molecular formula is C16H23N3OS2. The van der Waals surface area contributed by atoms with Crippen LogP contribution in [0.2, 0.25) is 0 Å². The first-order valence-corrected chi connectivity index (χ1v) is 9.38. The Kier molecular flexibility index (Phi) is 6.20. The molecule has 2 aromatic heterocycles. The highest BCUT2D eigenvalue weighted by molar-refractivity contribution is 8.00. The van der Waals surface area contributed by atoms with E-state index in [0.29, 0.717) is 5.92 Å². The van der Waals surface area contributed by atoms with Crippen LogP contribution in [-0.4, -0.2) is 27.7 Å². The Labute approximate surface area is 140 Å². The summed E-state index contributed by atoms with van der Waals surface area (Å²) in [6, 6.07) is 2.14. The summed E-state index contributed by atoms with van der Waals surface area (Å²) in [7, 11) is 0. The first-order chi connectivity index (χ1) is 10.5. The van der Waals surface area contributed by atoms with Gasteiger partial charge in [0.2, 0.25) is 5.91 Å². The fraction of sp³-hybridized carbons (Fsp3) is 0.562. The number of nitrogens with zero attached hydrogens (tertiary/aromatic N) is 2. The molecule has 0 aliphatic carbocycles. The first kappa shape index (κ1) is 17.2. The van der Waals surface area contributed by atoms with E-state index in [0.717, 1.165) is 34.6 Å². The Morgan fingerprint density at radius 1 is 1.36 bits per heavy atom. The van der Waals surface area contributed by atoms with Crippen molar-refractivity contribution in [3.63, 3.8) is 0 Å². The van der Waals surface area contributed by atoms with E-state index in [9.17, 15) is 4.79 Å². The Hall–Kier alpha value is -1.14. The summed E-state index contributed by atoms with van der Waals surface area (Å²) in [5, 5.41) is 4.80. The molecule has 0 aromatic carbocycles. The molecule has 2 heterocycles. The van der Waals surface area contributed by atoms with Gasteiger partial charge in [-0.25, -0.2) is 9.97 Å². The van der Waals surface area contributed by atoms with Gasteiger partial charge >= 0.3 is 0 Å². The van der Waals surface area contributed by atoms with Gasteiger partial charge in [-0.05, 0) is 31.7 Å². The van der Waals surface area contributed by atoms with Gasteiger partial charge in [0.05, 0.1) is 5.25 Å². The number of nitrogens with one attached hydrogen (secondary N) is 1. The molecule has 2 rings (SSSR count). The topological polar surface area (TPSA) is 54.9 Å². The van der Waals surface area contributed by atoms with Crippen molar-refractivity contribution in [1.82, 2.24) is 15.3 Å². The second-order valence-corrected chi connectivity index (χ2v) is 8.14. The zero-order chi connectivity index (χ0) is 16.1. The molecule has 0 fully saturated rings. The molecule has 4 nitrogen and oxygen atoms in total. The number of rotatable bonds is 7. The lowest BCUT2D eigenvalue weighted by Crippen LogP contribution is -2.32. The van der Waals surface area contributed by atoms with Crippen LogP contribution in [0.1, 0.15) is 39.0 Å². The predicted octanol–water partition coefficient (Wildman–Crippen LogP) is 3.90. The van der Waals surface area contributed by atoms with Crippen molar-refractivity contribution >= 4 is 39.2 Å². The van der Waals surface area contributed by atoms with E-state index in [1.165, 1.54) is 16.6 Å². The summed E-state index contributed by atoms with van der Waals surface area (Å²) in [5.41, 5.74) is 0. The number of thiophene rings is 1. The lowest BCUT2D eigenvalue weighted by atomic mass is 10.1. The molecule has 1 amide bonds. The van der Waals surface area contributed by atoms with Crippen LogP contribution < -0.4 is 5.32 Å². The van der Waals surface area contributed by atoms with Crippen molar-refractivity contribution in [2.45, 2.75) is 50.8 Å². The molecule has 2 aromatic rings. The van der Waals surface area contributed by atoms with Crippen LogP contribution in [-0.2, 0) is 11.2 Å². The summed E-state index contributed by atoms with van der Waals surface area (Å²) in [6.45, 7) is 9.11. The third-order valence-corrected chi connectivity index (χ3v) is 5.67. The molecule has 22 heavy (non-hydrogen) atoms. The fourth-order valence-corrected chi connectivity index (χ4v) is 3.92. The lowest BCUT2D eigenvalue weighted by molar-refractivity contribution is -0.120. The van der Waals surface area contributed by atoms with E-state index in [1.54, 1.807) is 17.7 Å². The molecule has 6 heteroatoms. The summed E-state index contributed by atoms with van der Waals surface area (Å²) < 4.78 is 0. The zero-order valence-corrected chi connectivity index (χ0v) is 15.2. The van der Waals surface area contributed by atoms with Gasteiger partial charge in [0.15, 0.2) is 0 Å². The number of amides is 1. The first-order valence-electron chi connectivity index (χ1n) is 7.69. The number of hydrogen-bond acceptors (Lipinski definition) is 5. The average Bonchev–Trinajstić information content (AvgIpc) is 2.91. The summed E-state index contributed by atoms with van der Waals surface area (Å²) in [6.07, 6.45) is 3.59. The Morgan fingerprint density at radius 3 is 2.82 bits per heavy atom. The Morgan fingerprint density at radius 2 is 2.14 bits per heavy atom. The van der Waals surface area contributed by atoms with Crippen LogP contribution >= 0.6 is 23.1 Å². The van der Waals surface area contributed by atoms with Crippen LogP contribution in [0.4, 0.5) is 0 Å². The number of carbonyl (C=O) groups is 1. The standard InChI is InChI=1S/C16H23N3OS2/c1-5-12-8-13-15(18-9-19-16(13)22-12)21-11(4)14(20)17-7-6-10(2)3/h8-11H,5-7H2,1-4H3,(H,17,20). The van der Waals surface area contributed by atoms with Crippen molar-refractivity contribution in [1.29, 1.82) is 0 Å². The molecule has 0 spiro atoms. The molecular weight excluding hydrogens is 314 g/mol. The van der Waals surface area contributed by atoms with Gasteiger partial charge in [0.1, 0.15) is 16.2 Å². The summed E-state index contributed by atoms with van der Waals surface area (Å²) in [5.74, 6) is 0.673. The molecule has 0 saturated heterocycles. The minimum absolute atomic E-state index is 0.0726. The van der Waals surface area contributed by atoms with Gasteiger partial charge < -0.3 is 5.32 Å². The molecule has 1 atom stereocenters. The number of fused-ring (bicyclic) bond motifs is 1. The molecule has 1 N–H and O–H groups in total. The number of aryl methyl sites for hydroxylation is 1. The maximum absolute atomic E-state index is 12.2. The van der Waals surface area contributed by atoms with Gasteiger partial charge in [-0.15, -0.1) is 11.3 Å². The molecule has 120 valence electrons. The number of hydrogen-bond donors (Lipinski definition) is 1. The summed E-state index contributed by atoms with van der Waals surface area (Å²) in [4.78, 5) is 23.1. The van der Waals surface area contributed by atoms with Gasteiger partial charge in [-0.3, -0.25) is 4.79 Å². The van der Waals surface area contributed by atoms with Gasteiger partial charge in [-0.1, -0.05) is 32.5 Å². The number of carbonyl (C=O) groups excluding carboxylic acids is 1. The van der Waals surface area contributed by atoms with Crippen LogP contribution in [0.5, 0.6) is 0 Å². The molecule has 1 unspecified atom stereocenters. The smallest absolute Gasteiger partial charge is 0.233 e. The average molecular weight is 338 g/mol. The highest BCUT2D eigenvalue weighted by atomic mass is 32.2. The molecule has 0 aliphatic rings. The normalized spacial score (nSPS) is 12.8. The Bertz CT molecular complexity index is 639. The quantitative estimate of drug-likeness (QED) is 0.615. The largest absolute Gasteiger partial charge is 0.355 e. The van der Waals surface area contributed by atoms with E-state index >= 15 is 0 Å². The van der Waals surface area contributed by atoms with Crippen LogP contribution in [0, 0.1) is 5.92 Å². The maximum atomic E-state index is 12.2. The van der Waals surface area contributed by atoms with Gasteiger partial charge in [0, 0.05) is 16.8 Å². The predicted molar refractivity (Wildman–Crippen MR) is 94.6 cm³/mol. The van der Waals surface area contributed by atoms with Gasteiger partial charge in [-0.2, -0.15) is 0 Å². The second kappa shape index (κ2) is 7.92. The van der Waals surface area contributed by atoms with Crippen LogP contribution in [0.25, 0.3) is 10.2 Å². The molecule has 0 bridgehead atoms. The number of aromatic nitrogens is 2. The Balaban J connectivity index is 2.03.